The van der Waals surface area contributed by atoms with E-state index in [4.69, 9.17) is 0 Å². The van der Waals surface area contributed by atoms with Gasteiger partial charge in [-0.25, -0.2) is 9.97 Å². The standard InChI is InChI=1S/C20H18N4/c1-23-17(13-21-19(23)15-9-5-3-6-10-15)18-14-22-20(24(18)2)16-11-7-4-8-12-16/h3-14H,1-2H3. The van der Waals surface area contributed by atoms with Crippen molar-refractivity contribution in [2.24, 2.45) is 14.1 Å². The summed E-state index contributed by atoms with van der Waals surface area (Å²) in [4.78, 5) is 9.21. The van der Waals surface area contributed by atoms with Gasteiger partial charge in [0.25, 0.3) is 0 Å². The predicted molar refractivity (Wildman–Crippen MR) is 96.3 cm³/mol. The molecule has 0 aliphatic rings. The van der Waals surface area contributed by atoms with Crippen molar-refractivity contribution in [3.05, 3.63) is 73.1 Å². The molecular weight excluding hydrogens is 296 g/mol. The molecule has 0 fully saturated rings. The molecule has 24 heavy (non-hydrogen) atoms. The molecule has 0 aliphatic carbocycles. The highest BCUT2D eigenvalue weighted by atomic mass is 15.1. The van der Waals surface area contributed by atoms with E-state index in [-0.39, 0.29) is 0 Å². The van der Waals surface area contributed by atoms with Crippen LogP contribution in [-0.4, -0.2) is 19.1 Å². The summed E-state index contributed by atoms with van der Waals surface area (Å²) < 4.78 is 4.22. The van der Waals surface area contributed by atoms with E-state index in [2.05, 4.69) is 43.4 Å². The third-order valence-corrected chi connectivity index (χ3v) is 4.30. The van der Waals surface area contributed by atoms with E-state index in [9.17, 15) is 0 Å². The van der Waals surface area contributed by atoms with Crippen molar-refractivity contribution in [3.8, 4) is 34.2 Å². The number of imidazole rings is 2. The van der Waals surface area contributed by atoms with Crippen molar-refractivity contribution < 1.29 is 0 Å². The quantitative estimate of drug-likeness (QED) is 0.569. The van der Waals surface area contributed by atoms with Gasteiger partial charge in [0.05, 0.1) is 23.8 Å². The zero-order valence-electron chi connectivity index (χ0n) is 13.7. The zero-order chi connectivity index (χ0) is 16.5. The van der Waals surface area contributed by atoms with Crippen LogP contribution in [0.2, 0.25) is 0 Å². The number of hydrogen-bond acceptors (Lipinski definition) is 2. The lowest BCUT2D eigenvalue weighted by atomic mass is 10.2. The average molecular weight is 314 g/mol. The minimum atomic E-state index is 0.952. The van der Waals surface area contributed by atoms with Crippen LogP contribution < -0.4 is 0 Å². The lowest BCUT2D eigenvalue weighted by Gasteiger charge is -2.08. The van der Waals surface area contributed by atoms with Gasteiger partial charge in [-0.1, -0.05) is 60.7 Å². The van der Waals surface area contributed by atoms with Gasteiger partial charge in [-0.2, -0.15) is 0 Å². The molecule has 118 valence electrons. The van der Waals surface area contributed by atoms with Crippen LogP contribution in [0.1, 0.15) is 0 Å². The molecule has 0 radical (unpaired) electrons. The molecule has 2 aromatic carbocycles. The summed E-state index contributed by atoms with van der Waals surface area (Å²) in [6, 6.07) is 20.4. The van der Waals surface area contributed by atoms with Crippen molar-refractivity contribution in [2.75, 3.05) is 0 Å². The van der Waals surface area contributed by atoms with Crippen LogP contribution in [-0.2, 0) is 14.1 Å². The summed E-state index contributed by atoms with van der Waals surface area (Å²) in [7, 11) is 4.08. The molecule has 4 nitrogen and oxygen atoms in total. The minimum Gasteiger partial charge on any atom is -0.326 e. The summed E-state index contributed by atoms with van der Waals surface area (Å²) in [6.07, 6.45) is 3.82. The Morgan fingerprint density at radius 1 is 0.583 bits per heavy atom. The highest BCUT2D eigenvalue weighted by Gasteiger charge is 2.15. The van der Waals surface area contributed by atoms with Crippen molar-refractivity contribution >= 4 is 0 Å². The van der Waals surface area contributed by atoms with Gasteiger partial charge in [0.15, 0.2) is 0 Å². The molecule has 0 spiro atoms. The predicted octanol–water partition coefficient (Wildman–Crippen LogP) is 4.15. The fourth-order valence-electron chi connectivity index (χ4n) is 3.01. The Kier molecular flexibility index (Phi) is 3.50. The Bertz CT molecular complexity index is 884. The van der Waals surface area contributed by atoms with E-state index in [1.165, 1.54) is 0 Å². The van der Waals surface area contributed by atoms with Crippen molar-refractivity contribution in [3.63, 3.8) is 0 Å². The van der Waals surface area contributed by atoms with Crippen LogP contribution in [0.15, 0.2) is 73.1 Å². The zero-order valence-corrected chi connectivity index (χ0v) is 13.7. The van der Waals surface area contributed by atoms with Gasteiger partial charge >= 0.3 is 0 Å². The monoisotopic (exact) mass is 314 g/mol. The number of hydrogen-bond donors (Lipinski definition) is 0. The maximum absolute atomic E-state index is 4.61. The Morgan fingerprint density at radius 2 is 0.958 bits per heavy atom. The van der Waals surface area contributed by atoms with Crippen LogP contribution in [0.25, 0.3) is 34.2 Å². The Labute approximate surface area is 141 Å². The molecule has 0 saturated heterocycles. The van der Waals surface area contributed by atoms with Crippen LogP contribution in [0.5, 0.6) is 0 Å². The second-order valence-electron chi connectivity index (χ2n) is 5.78. The van der Waals surface area contributed by atoms with E-state index >= 15 is 0 Å². The third kappa shape index (κ3) is 2.33. The molecule has 4 heteroatoms. The fraction of sp³-hybridized carbons (Fsp3) is 0.100. The first-order chi connectivity index (χ1) is 11.8. The van der Waals surface area contributed by atoms with Crippen LogP contribution in [0, 0.1) is 0 Å². The van der Waals surface area contributed by atoms with Gasteiger partial charge in [-0.05, 0) is 0 Å². The van der Waals surface area contributed by atoms with Gasteiger partial charge in [-0.15, -0.1) is 0 Å². The molecule has 0 amide bonds. The second-order valence-corrected chi connectivity index (χ2v) is 5.78. The normalized spacial score (nSPS) is 10.9. The van der Waals surface area contributed by atoms with Gasteiger partial charge < -0.3 is 9.13 Å². The van der Waals surface area contributed by atoms with Crippen molar-refractivity contribution in [1.29, 1.82) is 0 Å². The van der Waals surface area contributed by atoms with Gasteiger partial charge in [0.2, 0.25) is 0 Å². The molecule has 0 unspecified atom stereocenters. The number of benzene rings is 2. The van der Waals surface area contributed by atoms with Gasteiger partial charge in [-0.3, -0.25) is 0 Å². The molecule has 4 aromatic rings. The first kappa shape index (κ1) is 14.5. The number of rotatable bonds is 3. The molecule has 0 bridgehead atoms. The first-order valence-corrected chi connectivity index (χ1v) is 7.90. The van der Waals surface area contributed by atoms with Crippen molar-refractivity contribution in [1.82, 2.24) is 19.1 Å². The lowest BCUT2D eigenvalue weighted by Crippen LogP contribution is -2.00. The topological polar surface area (TPSA) is 35.6 Å². The summed E-state index contributed by atoms with van der Waals surface area (Å²) in [5, 5.41) is 0. The van der Waals surface area contributed by atoms with E-state index in [1.807, 2.05) is 62.9 Å². The molecule has 0 saturated carbocycles. The van der Waals surface area contributed by atoms with Crippen LogP contribution in [0.4, 0.5) is 0 Å². The van der Waals surface area contributed by atoms with Gasteiger partial charge in [0.1, 0.15) is 11.6 Å². The molecule has 0 N–H and O–H groups in total. The SMILES string of the molecule is Cn1c(-c2cnc(-c3ccccc3)n2C)cnc1-c1ccccc1. The highest BCUT2D eigenvalue weighted by Crippen LogP contribution is 2.28. The van der Waals surface area contributed by atoms with Gasteiger partial charge in [0, 0.05) is 25.2 Å². The molecule has 0 aliphatic heterocycles. The largest absolute Gasteiger partial charge is 0.326 e. The Morgan fingerprint density at radius 3 is 1.33 bits per heavy atom. The van der Waals surface area contributed by atoms with Crippen LogP contribution >= 0.6 is 0 Å². The third-order valence-electron chi connectivity index (χ3n) is 4.30. The lowest BCUT2D eigenvalue weighted by molar-refractivity contribution is 0.887. The summed E-state index contributed by atoms with van der Waals surface area (Å²) >= 11 is 0. The summed E-state index contributed by atoms with van der Waals surface area (Å²) in [6.45, 7) is 0. The van der Waals surface area contributed by atoms with E-state index in [1.54, 1.807) is 0 Å². The fourth-order valence-corrected chi connectivity index (χ4v) is 3.01. The highest BCUT2D eigenvalue weighted by molar-refractivity contribution is 5.67. The van der Waals surface area contributed by atoms with E-state index in [0.717, 1.165) is 34.2 Å². The number of aromatic nitrogens is 4. The Hall–Kier alpha value is -3.14. The summed E-state index contributed by atoms with van der Waals surface area (Å²) in [5.74, 6) is 1.90. The van der Waals surface area contributed by atoms with Crippen LogP contribution in [0.3, 0.4) is 0 Å². The second kappa shape index (κ2) is 5.81. The maximum atomic E-state index is 4.61. The van der Waals surface area contributed by atoms with Crippen molar-refractivity contribution in [2.45, 2.75) is 0 Å². The molecular formula is C20H18N4. The summed E-state index contributed by atoms with van der Waals surface area (Å²) in [5.41, 5.74) is 4.31. The average Bonchev–Trinajstić information content (AvgIpc) is 3.19. The molecule has 2 aromatic heterocycles. The van der Waals surface area contributed by atoms with E-state index in [0.29, 0.717) is 0 Å². The minimum absolute atomic E-state index is 0.952. The molecule has 0 atom stereocenters. The Balaban J connectivity index is 1.79. The first-order valence-electron chi connectivity index (χ1n) is 7.90. The maximum Gasteiger partial charge on any atom is 0.140 e. The smallest absolute Gasteiger partial charge is 0.140 e. The number of nitrogens with zero attached hydrogens (tertiary/aromatic N) is 4. The molecule has 2 heterocycles. The molecule has 4 rings (SSSR count). The van der Waals surface area contributed by atoms with E-state index < -0.39 is 0 Å².